The molecule has 3 fully saturated rings. The summed E-state index contributed by atoms with van der Waals surface area (Å²) < 4.78 is 29.6. The zero-order valence-electron chi connectivity index (χ0n) is 15.8. The third-order valence-electron chi connectivity index (χ3n) is 6.73. The first-order valence-corrected chi connectivity index (χ1v) is 9.98. The Hall–Kier alpha value is -2.02. The summed E-state index contributed by atoms with van der Waals surface area (Å²) in [6.07, 6.45) is 1.78. The first-order chi connectivity index (χ1) is 13.2. The molecule has 0 radical (unpaired) electrons. The number of amides is 2. The minimum absolute atomic E-state index is 0.0286. The molecular formula is C21H24F2N2O3. The predicted molar refractivity (Wildman–Crippen MR) is 97.3 cm³/mol. The maximum atomic E-state index is 15.2. The second-order valence-corrected chi connectivity index (χ2v) is 9.32. The van der Waals surface area contributed by atoms with Gasteiger partial charge in [0.05, 0.1) is 17.6 Å². The molecule has 1 aromatic carbocycles. The van der Waals surface area contributed by atoms with Crippen molar-refractivity contribution < 1.29 is 23.5 Å². The number of benzene rings is 1. The molecule has 4 aliphatic rings. The lowest BCUT2D eigenvalue weighted by molar-refractivity contribution is -0.125. The molecule has 2 N–H and O–H groups in total. The number of rotatable bonds is 4. The van der Waals surface area contributed by atoms with E-state index in [9.17, 15) is 19.1 Å². The molecule has 2 atom stereocenters. The number of nitrogens with zero attached hydrogens (tertiary/aromatic N) is 1. The Kier molecular flexibility index (Phi) is 3.70. The molecule has 1 aliphatic heterocycles. The van der Waals surface area contributed by atoms with Gasteiger partial charge in [-0.2, -0.15) is 0 Å². The quantitative estimate of drug-likeness (QED) is 0.828. The van der Waals surface area contributed by atoms with Gasteiger partial charge in [0.2, 0.25) is 5.91 Å². The number of aliphatic hydroxyl groups is 1. The number of fused-ring (bicyclic) bond motifs is 2. The van der Waals surface area contributed by atoms with E-state index in [4.69, 9.17) is 0 Å². The number of hydrogen-bond donors (Lipinski definition) is 2. The number of hydrogen-bond acceptors (Lipinski definition) is 3. The lowest BCUT2D eigenvalue weighted by Gasteiger charge is -2.41. The molecule has 3 aliphatic carbocycles. The fraction of sp³-hybridized carbons (Fsp3) is 0.619. The van der Waals surface area contributed by atoms with Crippen molar-refractivity contribution in [3.05, 3.63) is 34.6 Å². The van der Waals surface area contributed by atoms with E-state index in [0.29, 0.717) is 18.4 Å². The van der Waals surface area contributed by atoms with Crippen LogP contribution in [-0.2, 0) is 10.2 Å². The van der Waals surface area contributed by atoms with Crippen molar-refractivity contribution in [1.82, 2.24) is 10.2 Å². The normalized spacial score (nSPS) is 36.1. The highest BCUT2D eigenvalue weighted by molar-refractivity contribution is 6.00. The Balaban J connectivity index is 1.37. The van der Waals surface area contributed by atoms with Gasteiger partial charge in [-0.15, -0.1) is 0 Å². The lowest BCUT2D eigenvalue weighted by Crippen LogP contribution is -2.56. The van der Waals surface area contributed by atoms with Crippen LogP contribution in [0.2, 0.25) is 0 Å². The van der Waals surface area contributed by atoms with Crippen LogP contribution in [-0.4, -0.2) is 52.7 Å². The average Bonchev–Trinajstić information content (AvgIpc) is 3.49. The Morgan fingerprint density at radius 3 is 2.57 bits per heavy atom. The summed E-state index contributed by atoms with van der Waals surface area (Å²) in [7, 11) is 0. The molecule has 2 amide bonds. The van der Waals surface area contributed by atoms with E-state index in [1.807, 2.05) is 0 Å². The van der Waals surface area contributed by atoms with Gasteiger partial charge < -0.3 is 15.3 Å². The van der Waals surface area contributed by atoms with Crippen molar-refractivity contribution in [1.29, 1.82) is 0 Å². The van der Waals surface area contributed by atoms with E-state index < -0.39 is 28.9 Å². The van der Waals surface area contributed by atoms with Gasteiger partial charge in [0.25, 0.3) is 5.91 Å². The van der Waals surface area contributed by atoms with Crippen LogP contribution in [0.15, 0.2) is 12.1 Å². The molecule has 0 aromatic heterocycles. The molecule has 3 saturated carbocycles. The summed E-state index contributed by atoms with van der Waals surface area (Å²) >= 11 is 0. The maximum absolute atomic E-state index is 15.2. The predicted octanol–water partition coefficient (Wildman–Crippen LogP) is 2.17. The lowest BCUT2D eigenvalue weighted by atomic mass is 9.77. The first kappa shape index (κ1) is 18.0. The Labute approximate surface area is 162 Å². The number of carbonyl (C=O) groups is 2. The van der Waals surface area contributed by atoms with Crippen LogP contribution in [0, 0.1) is 5.82 Å². The monoisotopic (exact) mass is 390 g/mol. The van der Waals surface area contributed by atoms with E-state index in [2.05, 4.69) is 5.32 Å². The zero-order valence-corrected chi connectivity index (χ0v) is 15.8. The summed E-state index contributed by atoms with van der Waals surface area (Å²) in [5.41, 5.74) is -0.769. The number of alkyl halides is 1. The SMILES string of the molecule is C[C@]1(O)C[C@H](NC(=O)CN2C[C@@]3(C[C@@H]3F)c3c(ccc(C4CC4)c3F)C2=O)C1. The zero-order chi connectivity index (χ0) is 19.8. The molecule has 0 unspecified atom stereocenters. The third kappa shape index (κ3) is 2.74. The fourth-order valence-electron chi connectivity index (χ4n) is 4.99. The molecule has 1 aromatic rings. The van der Waals surface area contributed by atoms with Crippen molar-refractivity contribution in [3.63, 3.8) is 0 Å². The second-order valence-electron chi connectivity index (χ2n) is 9.32. The highest BCUT2D eigenvalue weighted by atomic mass is 19.1. The minimum atomic E-state index is -1.20. The Bertz CT molecular complexity index is 875. The van der Waals surface area contributed by atoms with E-state index in [0.717, 1.165) is 12.8 Å². The van der Waals surface area contributed by atoms with E-state index in [-0.39, 0.29) is 48.5 Å². The van der Waals surface area contributed by atoms with Crippen LogP contribution < -0.4 is 5.32 Å². The van der Waals surface area contributed by atoms with Crippen LogP contribution in [0.5, 0.6) is 0 Å². The largest absolute Gasteiger partial charge is 0.390 e. The molecule has 5 nitrogen and oxygen atoms in total. The standard InChI is InChI=1S/C21H24F2N2O3/c1-20(28)6-12(7-20)24-16(26)9-25-10-21(8-15(21)22)17-14(19(25)27)5-4-13(18(17)23)11-2-3-11/h4-5,11-12,15,28H,2-3,6-10H2,1H3,(H,24,26)/t12-,15-,20-,21+/m0/s1. The molecule has 0 bridgehead atoms. The van der Waals surface area contributed by atoms with Crippen LogP contribution in [0.4, 0.5) is 8.78 Å². The van der Waals surface area contributed by atoms with Crippen molar-refractivity contribution in [3.8, 4) is 0 Å². The molecular weight excluding hydrogens is 366 g/mol. The number of halogens is 2. The molecule has 150 valence electrons. The van der Waals surface area contributed by atoms with Gasteiger partial charge >= 0.3 is 0 Å². The van der Waals surface area contributed by atoms with Crippen LogP contribution in [0.3, 0.4) is 0 Å². The van der Waals surface area contributed by atoms with Crippen molar-refractivity contribution in [2.75, 3.05) is 13.1 Å². The third-order valence-corrected chi connectivity index (χ3v) is 6.73. The summed E-state index contributed by atoms with van der Waals surface area (Å²) in [6, 6.07) is 3.14. The van der Waals surface area contributed by atoms with Gasteiger partial charge in [-0.05, 0) is 56.6 Å². The summed E-state index contributed by atoms with van der Waals surface area (Å²) in [5.74, 6) is -0.998. The molecule has 28 heavy (non-hydrogen) atoms. The molecule has 5 rings (SSSR count). The second kappa shape index (κ2) is 5.75. The van der Waals surface area contributed by atoms with Gasteiger partial charge in [-0.1, -0.05) is 6.07 Å². The highest BCUT2D eigenvalue weighted by Gasteiger charge is 2.62. The Morgan fingerprint density at radius 2 is 2.00 bits per heavy atom. The van der Waals surface area contributed by atoms with Gasteiger partial charge in [0, 0.05) is 23.7 Å². The van der Waals surface area contributed by atoms with Gasteiger partial charge in [0.15, 0.2) is 0 Å². The first-order valence-electron chi connectivity index (χ1n) is 9.98. The van der Waals surface area contributed by atoms with Crippen LogP contribution in [0.25, 0.3) is 0 Å². The molecule has 7 heteroatoms. The van der Waals surface area contributed by atoms with Crippen molar-refractivity contribution >= 4 is 11.8 Å². The van der Waals surface area contributed by atoms with Gasteiger partial charge in [-0.3, -0.25) is 9.59 Å². The van der Waals surface area contributed by atoms with Gasteiger partial charge in [0.1, 0.15) is 12.0 Å². The molecule has 1 spiro atoms. The van der Waals surface area contributed by atoms with Crippen molar-refractivity contribution in [2.45, 2.75) is 68.2 Å². The summed E-state index contributed by atoms with van der Waals surface area (Å²) in [5, 5.41) is 12.6. The van der Waals surface area contributed by atoms with E-state index in [1.165, 1.54) is 4.90 Å². The fourth-order valence-corrected chi connectivity index (χ4v) is 4.99. The summed E-state index contributed by atoms with van der Waals surface area (Å²) in [4.78, 5) is 26.6. The summed E-state index contributed by atoms with van der Waals surface area (Å²) in [6.45, 7) is 1.56. The van der Waals surface area contributed by atoms with Gasteiger partial charge in [-0.25, -0.2) is 8.78 Å². The topological polar surface area (TPSA) is 69.6 Å². The minimum Gasteiger partial charge on any atom is -0.390 e. The average molecular weight is 390 g/mol. The smallest absolute Gasteiger partial charge is 0.254 e. The number of nitrogens with one attached hydrogen (secondary N) is 1. The Morgan fingerprint density at radius 1 is 1.32 bits per heavy atom. The molecule has 0 saturated heterocycles. The molecule has 1 heterocycles. The maximum Gasteiger partial charge on any atom is 0.254 e. The van der Waals surface area contributed by atoms with Crippen LogP contribution >= 0.6 is 0 Å². The van der Waals surface area contributed by atoms with E-state index >= 15 is 4.39 Å². The van der Waals surface area contributed by atoms with E-state index in [1.54, 1.807) is 19.1 Å². The number of carbonyl (C=O) groups excluding carboxylic acids is 2. The van der Waals surface area contributed by atoms with Crippen LogP contribution in [0.1, 0.15) is 66.4 Å². The van der Waals surface area contributed by atoms with Crippen molar-refractivity contribution in [2.24, 2.45) is 0 Å². The highest BCUT2D eigenvalue weighted by Crippen LogP contribution is 2.56.